The highest BCUT2D eigenvalue weighted by Crippen LogP contribution is 2.24. The average Bonchev–Trinajstić information content (AvgIpc) is 3.06. The molecule has 7 nitrogen and oxygen atoms in total. The van der Waals surface area contributed by atoms with Crippen LogP contribution in [0.5, 0.6) is 0 Å². The van der Waals surface area contributed by atoms with E-state index in [9.17, 15) is 14.4 Å². The monoisotopic (exact) mass is 486 g/mol. The molecule has 3 aromatic rings. The Morgan fingerprint density at radius 1 is 1.14 bits per heavy atom. The van der Waals surface area contributed by atoms with Crippen LogP contribution in [0.3, 0.4) is 0 Å². The van der Waals surface area contributed by atoms with Gasteiger partial charge in [0, 0.05) is 48.9 Å². The Hall–Kier alpha value is -3.87. The second kappa shape index (κ2) is 11.2. The van der Waals surface area contributed by atoms with Crippen LogP contribution in [-0.4, -0.2) is 52.9 Å². The second-order valence-corrected chi connectivity index (χ2v) is 9.50. The van der Waals surface area contributed by atoms with E-state index >= 15 is 0 Å². The first-order chi connectivity index (χ1) is 17.3. The SMILES string of the molecule is C/C(=C\[C@@H](Cc1cn(C)c2ccccc12)N(C)C(=O)c1ccccc1)C(=O)N[C@@H]1CCCCNC1=O. The average molecular weight is 487 g/mol. The van der Waals surface area contributed by atoms with E-state index in [1.54, 1.807) is 31.0 Å². The van der Waals surface area contributed by atoms with E-state index in [0.717, 1.165) is 29.3 Å². The molecule has 2 heterocycles. The summed E-state index contributed by atoms with van der Waals surface area (Å²) < 4.78 is 2.08. The Kier molecular flexibility index (Phi) is 7.88. The smallest absolute Gasteiger partial charge is 0.254 e. The zero-order chi connectivity index (χ0) is 25.7. The first kappa shape index (κ1) is 25.2. The summed E-state index contributed by atoms with van der Waals surface area (Å²) in [6.45, 7) is 2.38. The van der Waals surface area contributed by atoms with Crippen molar-refractivity contribution in [1.29, 1.82) is 0 Å². The Balaban J connectivity index is 1.62. The lowest BCUT2D eigenvalue weighted by molar-refractivity contribution is -0.127. The Morgan fingerprint density at radius 3 is 2.64 bits per heavy atom. The molecule has 0 bridgehead atoms. The normalized spacial score (nSPS) is 17.2. The Bertz CT molecular complexity index is 1280. The van der Waals surface area contributed by atoms with Gasteiger partial charge in [0.25, 0.3) is 5.91 Å². The zero-order valence-electron chi connectivity index (χ0n) is 21.2. The molecular formula is C29H34N4O3. The van der Waals surface area contributed by atoms with Crippen molar-refractivity contribution in [2.75, 3.05) is 13.6 Å². The fraction of sp³-hybridized carbons (Fsp3) is 0.345. The number of aromatic nitrogens is 1. The van der Waals surface area contributed by atoms with Crippen LogP contribution in [0.4, 0.5) is 0 Å². The van der Waals surface area contributed by atoms with Crippen LogP contribution < -0.4 is 10.6 Å². The van der Waals surface area contributed by atoms with Crippen molar-refractivity contribution in [3.63, 3.8) is 0 Å². The fourth-order valence-corrected chi connectivity index (χ4v) is 4.77. The molecule has 0 spiro atoms. The number of hydrogen-bond donors (Lipinski definition) is 2. The molecule has 188 valence electrons. The summed E-state index contributed by atoms with van der Waals surface area (Å²) in [6.07, 6.45) is 6.88. The van der Waals surface area contributed by atoms with Gasteiger partial charge >= 0.3 is 0 Å². The molecule has 0 saturated carbocycles. The largest absolute Gasteiger partial charge is 0.354 e. The van der Waals surface area contributed by atoms with Crippen molar-refractivity contribution in [1.82, 2.24) is 20.1 Å². The van der Waals surface area contributed by atoms with E-state index in [2.05, 4.69) is 33.5 Å². The highest BCUT2D eigenvalue weighted by Gasteiger charge is 2.25. The summed E-state index contributed by atoms with van der Waals surface area (Å²) in [5.41, 5.74) is 3.28. The summed E-state index contributed by atoms with van der Waals surface area (Å²) in [7, 11) is 3.78. The topological polar surface area (TPSA) is 83.4 Å². The number of aryl methyl sites for hydroxylation is 1. The summed E-state index contributed by atoms with van der Waals surface area (Å²) in [5, 5.41) is 6.86. The number of nitrogens with one attached hydrogen (secondary N) is 2. The van der Waals surface area contributed by atoms with Crippen LogP contribution >= 0.6 is 0 Å². The minimum absolute atomic E-state index is 0.117. The molecule has 0 aliphatic carbocycles. The highest BCUT2D eigenvalue weighted by molar-refractivity contribution is 5.97. The van der Waals surface area contributed by atoms with Crippen LogP contribution in [0.2, 0.25) is 0 Å². The molecule has 1 aromatic heterocycles. The van der Waals surface area contributed by atoms with Crippen molar-refractivity contribution in [2.24, 2.45) is 7.05 Å². The molecule has 1 aliphatic heterocycles. The van der Waals surface area contributed by atoms with Gasteiger partial charge in [0.1, 0.15) is 6.04 Å². The zero-order valence-corrected chi connectivity index (χ0v) is 21.2. The molecule has 1 fully saturated rings. The summed E-state index contributed by atoms with van der Waals surface area (Å²) in [4.78, 5) is 40.4. The maximum Gasteiger partial charge on any atom is 0.254 e. The number of fused-ring (bicyclic) bond motifs is 1. The van der Waals surface area contributed by atoms with Gasteiger partial charge in [0.05, 0.1) is 6.04 Å². The third kappa shape index (κ3) is 5.67. The molecule has 2 aromatic carbocycles. The quantitative estimate of drug-likeness (QED) is 0.501. The number of carbonyl (C=O) groups excluding carboxylic acids is 3. The molecule has 2 atom stereocenters. The Morgan fingerprint density at radius 2 is 1.86 bits per heavy atom. The van der Waals surface area contributed by atoms with Gasteiger partial charge < -0.3 is 20.1 Å². The molecule has 1 aliphatic rings. The lowest BCUT2D eigenvalue weighted by Crippen LogP contribution is -2.46. The predicted molar refractivity (Wildman–Crippen MR) is 141 cm³/mol. The molecule has 2 N–H and O–H groups in total. The first-order valence-corrected chi connectivity index (χ1v) is 12.5. The summed E-state index contributed by atoms with van der Waals surface area (Å²) >= 11 is 0. The van der Waals surface area contributed by atoms with Gasteiger partial charge in [0.2, 0.25) is 11.8 Å². The van der Waals surface area contributed by atoms with Crippen LogP contribution in [0.1, 0.15) is 42.1 Å². The third-order valence-electron chi connectivity index (χ3n) is 6.89. The predicted octanol–water partition coefficient (Wildman–Crippen LogP) is 3.59. The van der Waals surface area contributed by atoms with Gasteiger partial charge in [-0.3, -0.25) is 14.4 Å². The summed E-state index contributed by atoms with van der Waals surface area (Å²) in [5.74, 6) is -0.550. The molecule has 4 rings (SSSR count). The number of likely N-dealkylation sites (N-methyl/N-ethyl adjacent to an activating group) is 1. The number of nitrogens with zero attached hydrogens (tertiary/aromatic N) is 2. The highest BCUT2D eigenvalue weighted by atomic mass is 16.2. The minimum Gasteiger partial charge on any atom is -0.354 e. The van der Waals surface area contributed by atoms with Gasteiger partial charge in [0.15, 0.2) is 0 Å². The second-order valence-electron chi connectivity index (χ2n) is 9.50. The molecule has 7 heteroatoms. The molecule has 1 saturated heterocycles. The molecule has 36 heavy (non-hydrogen) atoms. The maximum atomic E-state index is 13.3. The van der Waals surface area contributed by atoms with Gasteiger partial charge in [-0.15, -0.1) is 0 Å². The van der Waals surface area contributed by atoms with Crippen LogP contribution in [0.15, 0.2) is 72.4 Å². The molecular weight excluding hydrogens is 452 g/mol. The summed E-state index contributed by atoms with van der Waals surface area (Å²) in [6, 6.07) is 16.4. The van der Waals surface area contributed by atoms with E-state index in [1.165, 1.54) is 0 Å². The Labute approximate surface area is 212 Å². The van der Waals surface area contributed by atoms with E-state index < -0.39 is 6.04 Å². The van der Waals surface area contributed by atoms with Crippen LogP contribution in [0, 0.1) is 0 Å². The third-order valence-corrected chi connectivity index (χ3v) is 6.89. The van der Waals surface area contributed by atoms with Crippen molar-refractivity contribution in [3.8, 4) is 0 Å². The van der Waals surface area contributed by atoms with E-state index in [0.29, 0.717) is 30.5 Å². The number of rotatable bonds is 7. The minimum atomic E-state index is -0.538. The van der Waals surface area contributed by atoms with Crippen molar-refractivity contribution >= 4 is 28.6 Å². The number of hydrogen-bond acceptors (Lipinski definition) is 3. The lowest BCUT2D eigenvalue weighted by atomic mass is 10.0. The molecule has 0 radical (unpaired) electrons. The number of benzene rings is 2. The van der Waals surface area contributed by atoms with Gasteiger partial charge in [-0.2, -0.15) is 0 Å². The van der Waals surface area contributed by atoms with Crippen LogP contribution in [-0.2, 0) is 23.1 Å². The van der Waals surface area contributed by atoms with E-state index in [-0.39, 0.29) is 23.8 Å². The van der Waals surface area contributed by atoms with Gasteiger partial charge in [-0.1, -0.05) is 42.5 Å². The van der Waals surface area contributed by atoms with Gasteiger partial charge in [-0.05, 0) is 56.4 Å². The van der Waals surface area contributed by atoms with E-state index in [4.69, 9.17) is 0 Å². The van der Waals surface area contributed by atoms with Crippen molar-refractivity contribution < 1.29 is 14.4 Å². The standard InChI is InChI=1S/C29H34N4O3/c1-20(27(34)31-25-14-9-10-16-30-28(25)35)17-23(33(3)29(36)21-11-5-4-6-12-21)18-22-19-32(2)26-15-8-7-13-24(22)26/h4-8,11-13,15,17,19,23,25H,9-10,14,16,18H2,1-3H3,(H,30,35)(H,31,34)/b20-17+/t23-,25+/m0/s1. The lowest BCUT2D eigenvalue weighted by Gasteiger charge is -2.27. The molecule has 0 unspecified atom stereocenters. The fourth-order valence-electron chi connectivity index (χ4n) is 4.77. The maximum absolute atomic E-state index is 13.3. The number of amides is 3. The van der Waals surface area contributed by atoms with Crippen molar-refractivity contribution in [3.05, 3.63) is 83.6 Å². The molecule has 3 amide bonds. The van der Waals surface area contributed by atoms with Crippen molar-refractivity contribution in [2.45, 2.75) is 44.7 Å². The van der Waals surface area contributed by atoms with E-state index in [1.807, 2.05) is 43.5 Å². The number of carbonyl (C=O) groups is 3. The van der Waals surface area contributed by atoms with Crippen LogP contribution in [0.25, 0.3) is 10.9 Å². The first-order valence-electron chi connectivity index (χ1n) is 12.5. The number of para-hydroxylation sites is 1. The van der Waals surface area contributed by atoms with Gasteiger partial charge in [-0.25, -0.2) is 0 Å².